The van der Waals surface area contributed by atoms with E-state index in [9.17, 15) is 9.59 Å². The van der Waals surface area contributed by atoms with E-state index in [2.05, 4.69) is 0 Å². The monoisotopic (exact) mass is 430 g/mol. The summed E-state index contributed by atoms with van der Waals surface area (Å²) in [5.74, 6) is 0.697. The quantitative estimate of drug-likeness (QED) is 0.611. The molecule has 1 aliphatic carbocycles. The van der Waals surface area contributed by atoms with Crippen LogP contribution in [0.3, 0.4) is 0 Å². The Balaban J connectivity index is 1.54. The standard InChI is InChI=1S/C26H30N4O2/c31-25(29-17-9-7-13-23(29)27-20-10-4-3-5-11-20)19-14-15-21-22(18-19)28-24-12-6-1-2-8-16-30(24)26(21)32/h7,9,13-15,17-18,20H,1-6,8,10-12,16H2. The minimum Gasteiger partial charge on any atom is -0.296 e. The van der Waals surface area contributed by atoms with Crippen LogP contribution in [0.1, 0.15) is 74.0 Å². The van der Waals surface area contributed by atoms with Crippen LogP contribution >= 0.6 is 0 Å². The highest BCUT2D eigenvalue weighted by Crippen LogP contribution is 2.20. The van der Waals surface area contributed by atoms with E-state index in [0.717, 1.165) is 50.9 Å². The first-order chi connectivity index (χ1) is 15.7. The first-order valence-corrected chi connectivity index (χ1v) is 12.0. The third-order valence-electron chi connectivity index (χ3n) is 6.76. The van der Waals surface area contributed by atoms with Crippen LogP contribution in [0.5, 0.6) is 0 Å². The zero-order valence-corrected chi connectivity index (χ0v) is 18.5. The van der Waals surface area contributed by atoms with E-state index in [-0.39, 0.29) is 17.5 Å². The molecule has 2 aromatic heterocycles. The number of carbonyl (C=O) groups excluding carboxylic acids is 1. The molecular formula is C26H30N4O2. The maximum Gasteiger partial charge on any atom is 0.263 e. The zero-order chi connectivity index (χ0) is 21.9. The first-order valence-electron chi connectivity index (χ1n) is 12.0. The normalized spacial score (nSPS) is 18.2. The second-order valence-corrected chi connectivity index (χ2v) is 9.04. The number of fused-ring (bicyclic) bond motifs is 2. The molecule has 0 amide bonds. The maximum absolute atomic E-state index is 13.4. The summed E-state index contributed by atoms with van der Waals surface area (Å²) in [7, 11) is 0. The fourth-order valence-electron chi connectivity index (χ4n) is 4.98. The molecule has 0 unspecified atom stereocenters. The lowest BCUT2D eigenvalue weighted by atomic mass is 9.96. The summed E-state index contributed by atoms with van der Waals surface area (Å²) in [6, 6.07) is 11.2. The van der Waals surface area contributed by atoms with Crippen molar-refractivity contribution in [3.63, 3.8) is 0 Å². The van der Waals surface area contributed by atoms with Gasteiger partial charge in [0.05, 0.1) is 16.9 Å². The number of hydrogen-bond donors (Lipinski definition) is 0. The van der Waals surface area contributed by atoms with Gasteiger partial charge in [-0.05, 0) is 56.0 Å². The minimum atomic E-state index is -0.143. The molecule has 3 heterocycles. The molecule has 166 valence electrons. The lowest BCUT2D eigenvalue weighted by molar-refractivity contribution is 0.0954. The number of benzene rings is 1. The van der Waals surface area contributed by atoms with Crippen LogP contribution in [0.15, 0.2) is 52.4 Å². The molecule has 6 nitrogen and oxygen atoms in total. The Morgan fingerprint density at radius 1 is 0.969 bits per heavy atom. The van der Waals surface area contributed by atoms with E-state index in [1.165, 1.54) is 25.7 Å². The van der Waals surface area contributed by atoms with Crippen LogP contribution in [0.2, 0.25) is 0 Å². The van der Waals surface area contributed by atoms with Crippen molar-refractivity contribution in [2.24, 2.45) is 4.99 Å². The van der Waals surface area contributed by atoms with Crippen LogP contribution in [0, 0.1) is 0 Å². The summed E-state index contributed by atoms with van der Waals surface area (Å²) in [4.78, 5) is 36.2. The van der Waals surface area contributed by atoms with Gasteiger partial charge in [0, 0.05) is 24.7 Å². The Bertz CT molecular complexity index is 1260. The van der Waals surface area contributed by atoms with Crippen molar-refractivity contribution < 1.29 is 4.79 Å². The van der Waals surface area contributed by atoms with Crippen LogP contribution in [-0.2, 0) is 13.0 Å². The lowest BCUT2D eigenvalue weighted by Crippen LogP contribution is -2.29. The molecule has 0 spiro atoms. The Labute approximate surface area is 187 Å². The number of nitrogens with zero attached hydrogens (tertiary/aromatic N) is 4. The Morgan fingerprint density at radius 2 is 1.78 bits per heavy atom. The molecule has 1 aliphatic heterocycles. The summed E-state index contributed by atoms with van der Waals surface area (Å²) < 4.78 is 3.45. The van der Waals surface area contributed by atoms with Crippen LogP contribution in [0.4, 0.5) is 0 Å². The number of aromatic nitrogens is 3. The van der Waals surface area contributed by atoms with Crippen LogP contribution in [-0.4, -0.2) is 26.1 Å². The van der Waals surface area contributed by atoms with Gasteiger partial charge in [-0.1, -0.05) is 38.2 Å². The zero-order valence-electron chi connectivity index (χ0n) is 18.5. The topological polar surface area (TPSA) is 69.2 Å². The third-order valence-corrected chi connectivity index (χ3v) is 6.76. The van der Waals surface area contributed by atoms with E-state index >= 15 is 0 Å². The van der Waals surface area contributed by atoms with Gasteiger partial charge in [-0.25, -0.2) is 4.98 Å². The highest BCUT2D eigenvalue weighted by molar-refractivity contribution is 5.98. The summed E-state index contributed by atoms with van der Waals surface area (Å²) in [5.41, 5.74) is 1.83. The summed E-state index contributed by atoms with van der Waals surface area (Å²) >= 11 is 0. The summed E-state index contributed by atoms with van der Waals surface area (Å²) in [5, 5.41) is 0.580. The van der Waals surface area contributed by atoms with Gasteiger partial charge < -0.3 is 0 Å². The number of carbonyl (C=O) groups is 1. The van der Waals surface area contributed by atoms with Crippen molar-refractivity contribution in [1.29, 1.82) is 0 Å². The van der Waals surface area contributed by atoms with Crippen molar-refractivity contribution in [3.8, 4) is 0 Å². The molecule has 1 aromatic carbocycles. The average molecular weight is 431 g/mol. The van der Waals surface area contributed by atoms with Gasteiger partial charge in [-0.15, -0.1) is 0 Å². The molecule has 0 atom stereocenters. The molecule has 1 saturated carbocycles. The van der Waals surface area contributed by atoms with Gasteiger partial charge in [0.15, 0.2) is 0 Å². The van der Waals surface area contributed by atoms with E-state index in [0.29, 0.717) is 22.0 Å². The first kappa shape index (κ1) is 20.9. The molecule has 1 fully saturated rings. The molecule has 6 heteroatoms. The predicted octanol–water partition coefficient (Wildman–Crippen LogP) is 4.24. The molecule has 0 N–H and O–H groups in total. The highest BCUT2D eigenvalue weighted by atomic mass is 16.2. The van der Waals surface area contributed by atoms with Gasteiger partial charge in [0.1, 0.15) is 11.3 Å². The Kier molecular flexibility index (Phi) is 6.02. The molecule has 0 saturated heterocycles. The van der Waals surface area contributed by atoms with Crippen molar-refractivity contribution in [1.82, 2.24) is 14.1 Å². The van der Waals surface area contributed by atoms with E-state index in [1.54, 1.807) is 29.0 Å². The number of aryl methyl sites for hydroxylation is 1. The minimum absolute atomic E-state index is 0.00579. The largest absolute Gasteiger partial charge is 0.296 e. The Hall–Kier alpha value is -3.02. The van der Waals surface area contributed by atoms with Crippen LogP contribution < -0.4 is 11.0 Å². The highest BCUT2D eigenvalue weighted by Gasteiger charge is 2.17. The number of pyridine rings is 1. The number of hydrogen-bond acceptors (Lipinski definition) is 4. The Morgan fingerprint density at radius 3 is 2.66 bits per heavy atom. The average Bonchev–Trinajstić information content (AvgIpc) is 2.81. The van der Waals surface area contributed by atoms with Crippen molar-refractivity contribution in [2.45, 2.75) is 76.8 Å². The molecule has 32 heavy (non-hydrogen) atoms. The van der Waals surface area contributed by atoms with E-state index in [1.807, 2.05) is 22.8 Å². The number of rotatable bonds is 2. The SMILES string of the molecule is O=C(c1ccc2c(=O)n3c(nc2c1)CCCCCC3)n1ccccc1=NC1CCCCC1. The van der Waals surface area contributed by atoms with E-state index in [4.69, 9.17) is 9.98 Å². The summed E-state index contributed by atoms with van der Waals surface area (Å²) in [6.07, 6.45) is 12.8. The van der Waals surface area contributed by atoms with Gasteiger partial charge in [-0.2, -0.15) is 0 Å². The summed E-state index contributed by atoms with van der Waals surface area (Å²) in [6.45, 7) is 0.726. The smallest absolute Gasteiger partial charge is 0.263 e. The van der Waals surface area contributed by atoms with Gasteiger partial charge in [-0.3, -0.25) is 23.7 Å². The van der Waals surface area contributed by atoms with Crippen LogP contribution in [0.25, 0.3) is 10.9 Å². The predicted molar refractivity (Wildman–Crippen MR) is 125 cm³/mol. The molecule has 3 aromatic rings. The molecule has 0 bridgehead atoms. The van der Waals surface area contributed by atoms with Crippen molar-refractivity contribution >= 4 is 16.8 Å². The molecule has 2 aliphatic rings. The second-order valence-electron chi connectivity index (χ2n) is 9.04. The van der Waals surface area contributed by atoms with E-state index < -0.39 is 0 Å². The fourth-order valence-corrected chi connectivity index (χ4v) is 4.98. The molecular weight excluding hydrogens is 400 g/mol. The van der Waals surface area contributed by atoms with Crippen molar-refractivity contribution in [2.75, 3.05) is 0 Å². The van der Waals surface area contributed by atoms with Gasteiger partial charge in [0.2, 0.25) is 0 Å². The van der Waals surface area contributed by atoms with Gasteiger partial charge >= 0.3 is 0 Å². The van der Waals surface area contributed by atoms with Crippen molar-refractivity contribution in [3.05, 3.63) is 69.8 Å². The lowest BCUT2D eigenvalue weighted by Gasteiger charge is -2.18. The fraction of sp³-hybridized carbons (Fsp3) is 0.462. The van der Waals surface area contributed by atoms with Gasteiger partial charge in [0.25, 0.3) is 11.5 Å². The molecule has 0 radical (unpaired) electrons. The molecule has 5 rings (SSSR count). The maximum atomic E-state index is 13.4. The second kappa shape index (κ2) is 9.23. The third kappa shape index (κ3) is 4.18.